The van der Waals surface area contributed by atoms with Gasteiger partial charge in [0.1, 0.15) is 0 Å². The average Bonchev–Trinajstić information content (AvgIpc) is 2.48. The van der Waals surface area contributed by atoms with Crippen LogP contribution in [-0.4, -0.2) is 39.4 Å². The van der Waals surface area contributed by atoms with Crippen molar-refractivity contribution in [2.24, 2.45) is 5.92 Å². The number of nitrogens with one attached hydrogen (secondary N) is 2. The van der Waals surface area contributed by atoms with E-state index in [4.69, 9.17) is 0 Å². The molecule has 0 saturated carbocycles. The molecule has 1 heterocycles. The molecule has 0 atom stereocenters. The zero-order valence-electron chi connectivity index (χ0n) is 12.8. The van der Waals surface area contributed by atoms with Crippen LogP contribution in [0.3, 0.4) is 0 Å². The SMILES string of the molecule is CCc1cccc(NS(=O)(=O)N2CCC(CNC)CC2)c1. The first kappa shape index (κ1) is 16.3. The van der Waals surface area contributed by atoms with Crippen LogP contribution in [0.5, 0.6) is 0 Å². The number of benzene rings is 1. The summed E-state index contributed by atoms with van der Waals surface area (Å²) in [5, 5.41) is 3.16. The fourth-order valence-corrected chi connectivity index (χ4v) is 3.96. The molecule has 0 bridgehead atoms. The third kappa shape index (κ3) is 4.43. The van der Waals surface area contributed by atoms with Gasteiger partial charge in [0.25, 0.3) is 0 Å². The van der Waals surface area contributed by atoms with Gasteiger partial charge in [0.05, 0.1) is 5.69 Å². The van der Waals surface area contributed by atoms with Gasteiger partial charge < -0.3 is 5.32 Å². The molecule has 118 valence electrons. The third-order valence-electron chi connectivity index (χ3n) is 3.99. The van der Waals surface area contributed by atoms with Crippen LogP contribution in [0.15, 0.2) is 24.3 Å². The smallest absolute Gasteiger partial charge is 0.301 e. The maximum atomic E-state index is 12.4. The van der Waals surface area contributed by atoms with E-state index >= 15 is 0 Å². The molecular weight excluding hydrogens is 286 g/mol. The number of nitrogens with zero attached hydrogens (tertiary/aromatic N) is 1. The summed E-state index contributed by atoms with van der Waals surface area (Å²) < 4.78 is 29.1. The molecule has 0 radical (unpaired) electrons. The highest BCUT2D eigenvalue weighted by Crippen LogP contribution is 2.21. The molecule has 1 aliphatic rings. The molecule has 5 nitrogen and oxygen atoms in total. The summed E-state index contributed by atoms with van der Waals surface area (Å²) in [6.07, 6.45) is 2.72. The molecular formula is C15H25N3O2S. The van der Waals surface area contributed by atoms with Crippen molar-refractivity contribution in [2.75, 3.05) is 31.4 Å². The van der Waals surface area contributed by atoms with Gasteiger partial charge in [-0.3, -0.25) is 4.72 Å². The minimum atomic E-state index is -3.44. The molecule has 1 saturated heterocycles. The van der Waals surface area contributed by atoms with Crippen LogP contribution in [-0.2, 0) is 16.6 Å². The van der Waals surface area contributed by atoms with Crippen LogP contribution >= 0.6 is 0 Å². The van der Waals surface area contributed by atoms with Gasteiger partial charge in [-0.25, -0.2) is 0 Å². The van der Waals surface area contributed by atoms with Gasteiger partial charge in [-0.05, 0) is 56.5 Å². The molecule has 1 aromatic carbocycles. The van der Waals surface area contributed by atoms with E-state index in [0.29, 0.717) is 24.7 Å². The molecule has 0 aliphatic carbocycles. The van der Waals surface area contributed by atoms with E-state index in [0.717, 1.165) is 31.4 Å². The Balaban J connectivity index is 1.99. The van der Waals surface area contributed by atoms with Gasteiger partial charge in [-0.2, -0.15) is 12.7 Å². The lowest BCUT2D eigenvalue weighted by Crippen LogP contribution is -2.43. The first-order valence-electron chi connectivity index (χ1n) is 7.56. The van der Waals surface area contributed by atoms with E-state index < -0.39 is 10.2 Å². The standard InChI is InChI=1S/C15H25N3O2S/c1-3-13-5-4-6-15(11-13)17-21(19,20)18-9-7-14(8-10-18)12-16-2/h4-6,11,14,16-17H,3,7-10,12H2,1-2H3. The average molecular weight is 311 g/mol. The summed E-state index contributed by atoms with van der Waals surface area (Å²) in [6.45, 7) is 4.20. The normalized spacial score (nSPS) is 17.8. The lowest BCUT2D eigenvalue weighted by molar-refractivity contribution is 0.272. The number of piperidine rings is 1. The Bertz CT molecular complexity index is 552. The van der Waals surface area contributed by atoms with Crippen molar-refractivity contribution in [3.05, 3.63) is 29.8 Å². The van der Waals surface area contributed by atoms with E-state index in [1.807, 2.05) is 25.2 Å². The summed E-state index contributed by atoms with van der Waals surface area (Å²) >= 11 is 0. The van der Waals surface area contributed by atoms with Crippen LogP contribution in [0.25, 0.3) is 0 Å². The van der Waals surface area contributed by atoms with E-state index in [1.165, 1.54) is 0 Å². The Hall–Kier alpha value is -1.11. The lowest BCUT2D eigenvalue weighted by Gasteiger charge is -2.31. The molecule has 0 spiro atoms. The van der Waals surface area contributed by atoms with Crippen LogP contribution in [0.1, 0.15) is 25.3 Å². The third-order valence-corrected chi connectivity index (χ3v) is 5.53. The lowest BCUT2D eigenvalue weighted by atomic mass is 9.98. The summed E-state index contributed by atoms with van der Waals surface area (Å²) in [5.41, 5.74) is 1.77. The van der Waals surface area contributed by atoms with Crippen LogP contribution in [0, 0.1) is 5.92 Å². The number of hydrogen-bond donors (Lipinski definition) is 2. The summed E-state index contributed by atoms with van der Waals surface area (Å²) in [4.78, 5) is 0. The molecule has 0 unspecified atom stereocenters. The van der Waals surface area contributed by atoms with Gasteiger partial charge in [-0.15, -0.1) is 0 Å². The molecule has 0 amide bonds. The first-order valence-corrected chi connectivity index (χ1v) is 9.00. The van der Waals surface area contributed by atoms with Gasteiger partial charge in [0.15, 0.2) is 0 Å². The number of anilines is 1. The van der Waals surface area contributed by atoms with Crippen molar-refractivity contribution in [3.63, 3.8) is 0 Å². The Morgan fingerprint density at radius 2 is 2.00 bits per heavy atom. The second kappa shape index (κ2) is 7.24. The van der Waals surface area contributed by atoms with Crippen molar-refractivity contribution in [1.29, 1.82) is 0 Å². The summed E-state index contributed by atoms with van der Waals surface area (Å²) in [7, 11) is -1.50. The number of hydrogen-bond acceptors (Lipinski definition) is 3. The first-order chi connectivity index (χ1) is 10.0. The number of rotatable bonds is 6. The van der Waals surface area contributed by atoms with Crippen molar-refractivity contribution in [1.82, 2.24) is 9.62 Å². The molecule has 21 heavy (non-hydrogen) atoms. The Morgan fingerprint density at radius 3 is 2.62 bits per heavy atom. The van der Waals surface area contributed by atoms with Crippen molar-refractivity contribution < 1.29 is 8.42 Å². The highest BCUT2D eigenvalue weighted by Gasteiger charge is 2.27. The van der Waals surface area contributed by atoms with E-state index in [1.54, 1.807) is 10.4 Å². The largest absolute Gasteiger partial charge is 0.319 e. The fourth-order valence-electron chi connectivity index (χ4n) is 2.71. The molecule has 6 heteroatoms. The van der Waals surface area contributed by atoms with Crippen LogP contribution < -0.4 is 10.0 Å². The number of aryl methyl sites for hydroxylation is 1. The topological polar surface area (TPSA) is 61.4 Å². The monoisotopic (exact) mass is 311 g/mol. The van der Waals surface area contributed by atoms with Crippen molar-refractivity contribution in [3.8, 4) is 0 Å². The van der Waals surface area contributed by atoms with Gasteiger partial charge in [-0.1, -0.05) is 19.1 Å². The summed E-state index contributed by atoms with van der Waals surface area (Å²) in [5.74, 6) is 0.574. The maximum absolute atomic E-state index is 12.4. The van der Waals surface area contributed by atoms with Crippen molar-refractivity contribution >= 4 is 15.9 Å². The van der Waals surface area contributed by atoms with E-state index in [-0.39, 0.29) is 0 Å². The van der Waals surface area contributed by atoms with E-state index in [9.17, 15) is 8.42 Å². The van der Waals surface area contributed by atoms with Crippen molar-refractivity contribution in [2.45, 2.75) is 26.2 Å². The van der Waals surface area contributed by atoms with Gasteiger partial charge in [0.2, 0.25) is 0 Å². The minimum Gasteiger partial charge on any atom is -0.319 e. The highest BCUT2D eigenvalue weighted by atomic mass is 32.2. The molecule has 1 aliphatic heterocycles. The molecule has 1 aromatic rings. The van der Waals surface area contributed by atoms with E-state index in [2.05, 4.69) is 17.0 Å². The van der Waals surface area contributed by atoms with Crippen LogP contribution in [0.2, 0.25) is 0 Å². The fraction of sp³-hybridized carbons (Fsp3) is 0.600. The summed E-state index contributed by atoms with van der Waals surface area (Å²) in [6, 6.07) is 7.58. The zero-order chi connectivity index (χ0) is 15.3. The Labute approximate surface area is 127 Å². The second-order valence-electron chi connectivity index (χ2n) is 5.56. The van der Waals surface area contributed by atoms with Gasteiger partial charge in [0, 0.05) is 13.1 Å². The predicted octanol–water partition coefficient (Wildman–Crippen LogP) is 1.84. The Morgan fingerprint density at radius 1 is 1.29 bits per heavy atom. The predicted molar refractivity (Wildman–Crippen MR) is 86.6 cm³/mol. The molecule has 2 rings (SSSR count). The zero-order valence-corrected chi connectivity index (χ0v) is 13.6. The maximum Gasteiger partial charge on any atom is 0.301 e. The molecule has 1 fully saturated rings. The Kier molecular flexibility index (Phi) is 5.61. The molecule has 2 N–H and O–H groups in total. The highest BCUT2D eigenvalue weighted by molar-refractivity contribution is 7.90. The van der Waals surface area contributed by atoms with Crippen LogP contribution in [0.4, 0.5) is 5.69 Å². The van der Waals surface area contributed by atoms with Gasteiger partial charge >= 0.3 is 10.2 Å². The minimum absolute atomic E-state index is 0.574. The quantitative estimate of drug-likeness (QED) is 0.842. The molecule has 0 aromatic heterocycles. The second-order valence-corrected chi connectivity index (χ2v) is 7.23.